The predicted octanol–water partition coefficient (Wildman–Crippen LogP) is 4.85. The molecule has 4 rings (SSSR count). The van der Waals surface area contributed by atoms with E-state index in [2.05, 4.69) is 38.7 Å². The lowest BCUT2D eigenvalue weighted by Crippen LogP contribution is -2.49. The molecule has 0 aromatic rings. The van der Waals surface area contributed by atoms with Crippen LogP contribution in [-0.4, -0.2) is 5.78 Å². The summed E-state index contributed by atoms with van der Waals surface area (Å²) in [5.41, 5.74) is 2.96. The van der Waals surface area contributed by atoms with E-state index in [-0.39, 0.29) is 10.8 Å². The van der Waals surface area contributed by atoms with Crippen LogP contribution in [0.25, 0.3) is 0 Å². The van der Waals surface area contributed by atoms with Crippen LogP contribution in [0.1, 0.15) is 52.4 Å². The van der Waals surface area contributed by atoms with E-state index in [1.807, 2.05) is 0 Å². The average molecular weight is 282 g/mol. The van der Waals surface area contributed by atoms with Crippen molar-refractivity contribution in [3.63, 3.8) is 0 Å². The lowest BCUT2D eigenvalue weighted by atomic mass is 9.48. The minimum atomic E-state index is 0.000717. The van der Waals surface area contributed by atoms with Crippen molar-refractivity contribution in [1.82, 2.24) is 0 Å². The molecule has 0 bridgehead atoms. The van der Waals surface area contributed by atoms with Gasteiger partial charge in [0.1, 0.15) is 5.78 Å². The summed E-state index contributed by atoms with van der Waals surface area (Å²) in [6, 6.07) is 0. The number of hydrogen-bond donors (Lipinski definition) is 0. The number of carbonyl (C=O) groups excluding carboxylic acids is 1. The van der Waals surface area contributed by atoms with E-state index < -0.39 is 0 Å². The number of hydrogen-bond acceptors (Lipinski definition) is 1. The minimum Gasteiger partial charge on any atom is -0.299 e. The topological polar surface area (TPSA) is 17.1 Å². The van der Waals surface area contributed by atoms with Crippen molar-refractivity contribution in [2.45, 2.75) is 52.4 Å². The van der Waals surface area contributed by atoms with Gasteiger partial charge in [-0.2, -0.15) is 0 Å². The molecule has 4 aliphatic rings. The average Bonchev–Trinajstić information content (AvgIpc) is 2.76. The van der Waals surface area contributed by atoms with Gasteiger partial charge in [-0.1, -0.05) is 44.2 Å². The van der Waals surface area contributed by atoms with Crippen molar-refractivity contribution in [2.75, 3.05) is 0 Å². The van der Waals surface area contributed by atoms with Crippen LogP contribution >= 0.6 is 0 Å². The van der Waals surface area contributed by atoms with Gasteiger partial charge >= 0.3 is 0 Å². The maximum atomic E-state index is 12.4. The third-order valence-electron chi connectivity index (χ3n) is 7.36. The van der Waals surface area contributed by atoms with Crippen molar-refractivity contribution in [3.05, 3.63) is 36.0 Å². The summed E-state index contributed by atoms with van der Waals surface area (Å²) in [4.78, 5) is 12.4. The Morgan fingerprint density at radius 2 is 1.95 bits per heavy atom. The fourth-order valence-electron chi connectivity index (χ4n) is 6.05. The first kappa shape index (κ1) is 13.5. The lowest BCUT2D eigenvalue weighted by molar-refractivity contribution is -0.131. The number of Topliss-reactive ketones (excluding diaryl/α,β-unsaturated/α-hetero) is 1. The molecule has 3 saturated carbocycles. The van der Waals surface area contributed by atoms with Gasteiger partial charge in [0.25, 0.3) is 0 Å². The van der Waals surface area contributed by atoms with Gasteiger partial charge in [0, 0.05) is 17.3 Å². The fraction of sp³-hybridized carbons (Fsp3) is 0.650. The predicted molar refractivity (Wildman–Crippen MR) is 85.8 cm³/mol. The summed E-state index contributed by atoms with van der Waals surface area (Å²) in [6.45, 7) is 8.79. The molecule has 21 heavy (non-hydrogen) atoms. The largest absolute Gasteiger partial charge is 0.299 e. The lowest BCUT2D eigenvalue weighted by Gasteiger charge is -2.55. The zero-order valence-electron chi connectivity index (χ0n) is 13.3. The highest BCUT2D eigenvalue weighted by molar-refractivity contribution is 5.87. The summed E-state index contributed by atoms with van der Waals surface area (Å²) in [5, 5.41) is 0. The van der Waals surface area contributed by atoms with Gasteiger partial charge in [-0.05, 0) is 55.4 Å². The molecule has 0 aromatic heterocycles. The Kier molecular flexibility index (Phi) is 2.72. The Bertz CT molecular complexity index is 581. The highest BCUT2D eigenvalue weighted by Crippen LogP contribution is 2.63. The van der Waals surface area contributed by atoms with E-state index in [1.165, 1.54) is 19.3 Å². The van der Waals surface area contributed by atoms with Gasteiger partial charge in [0.15, 0.2) is 0 Å². The molecule has 0 radical (unpaired) electrons. The molecule has 1 nitrogen and oxygen atoms in total. The van der Waals surface area contributed by atoms with Crippen LogP contribution in [0.5, 0.6) is 0 Å². The summed E-state index contributed by atoms with van der Waals surface area (Å²) < 4.78 is 0. The number of allylic oxidation sites excluding steroid dienone is 5. The second-order valence-electron chi connectivity index (χ2n) is 8.19. The highest BCUT2D eigenvalue weighted by Gasteiger charge is 2.58. The number of fused-ring (bicyclic) bond motifs is 5. The van der Waals surface area contributed by atoms with Crippen LogP contribution < -0.4 is 0 Å². The van der Waals surface area contributed by atoms with Crippen molar-refractivity contribution in [2.24, 2.45) is 28.6 Å². The zero-order valence-corrected chi connectivity index (χ0v) is 13.3. The molecule has 5 atom stereocenters. The first-order chi connectivity index (χ1) is 9.95. The normalized spacial score (nSPS) is 48.5. The van der Waals surface area contributed by atoms with E-state index in [0.717, 1.165) is 36.7 Å². The monoisotopic (exact) mass is 282 g/mol. The summed E-state index contributed by atoms with van der Waals surface area (Å²) in [5.74, 6) is 2.66. The van der Waals surface area contributed by atoms with E-state index in [4.69, 9.17) is 0 Å². The van der Waals surface area contributed by atoms with Gasteiger partial charge < -0.3 is 0 Å². The molecule has 0 saturated heterocycles. The first-order valence-electron chi connectivity index (χ1n) is 8.58. The summed E-state index contributed by atoms with van der Waals surface area (Å²) in [7, 11) is 0. The van der Waals surface area contributed by atoms with Gasteiger partial charge in [-0.25, -0.2) is 0 Å². The standard InChI is InChI=1S/C20H26O/c1-13-8-10-19(2)14(12-13)4-5-15-16-6-7-18(21)20(16,3)11-9-17(15)19/h8,10,12,15-17H,1,4-7,9,11H2,2-3H3/t15-,16-,17-,19-,20-/m0/s1. The van der Waals surface area contributed by atoms with Crippen LogP contribution in [0.4, 0.5) is 0 Å². The van der Waals surface area contributed by atoms with E-state index in [1.54, 1.807) is 5.57 Å². The molecule has 0 unspecified atom stereocenters. The second-order valence-corrected chi connectivity index (χ2v) is 8.19. The molecule has 0 amide bonds. The van der Waals surface area contributed by atoms with Crippen molar-refractivity contribution in [1.29, 1.82) is 0 Å². The molecule has 3 fully saturated rings. The fourth-order valence-corrected chi connectivity index (χ4v) is 6.05. The molecule has 0 N–H and O–H groups in total. The Labute approximate surface area is 128 Å². The highest BCUT2D eigenvalue weighted by atomic mass is 16.1. The molecular formula is C20H26O. The molecule has 1 heteroatoms. The summed E-state index contributed by atoms with van der Waals surface area (Å²) >= 11 is 0. The first-order valence-corrected chi connectivity index (χ1v) is 8.58. The number of ketones is 1. The maximum absolute atomic E-state index is 12.4. The zero-order chi connectivity index (χ0) is 14.8. The molecule has 112 valence electrons. The second kappa shape index (κ2) is 4.21. The van der Waals surface area contributed by atoms with Crippen molar-refractivity contribution < 1.29 is 4.79 Å². The van der Waals surface area contributed by atoms with E-state index in [0.29, 0.717) is 11.7 Å². The summed E-state index contributed by atoms with van der Waals surface area (Å²) in [6.07, 6.45) is 13.7. The van der Waals surface area contributed by atoms with Gasteiger partial charge in [0.05, 0.1) is 0 Å². The van der Waals surface area contributed by atoms with Gasteiger partial charge in [-0.3, -0.25) is 4.79 Å². The van der Waals surface area contributed by atoms with E-state index in [9.17, 15) is 4.79 Å². The van der Waals surface area contributed by atoms with E-state index >= 15 is 0 Å². The number of rotatable bonds is 0. The smallest absolute Gasteiger partial charge is 0.139 e. The van der Waals surface area contributed by atoms with Crippen LogP contribution in [0.15, 0.2) is 36.0 Å². The maximum Gasteiger partial charge on any atom is 0.139 e. The third kappa shape index (κ3) is 1.67. The molecule has 0 spiro atoms. The van der Waals surface area contributed by atoms with Crippen LogP contribution in [0.2, 0.25) is 0 Å². The molecular weight excluding hydrogens is 256 g/mol. The Hall–Kier alpha value is -1.11. The van der Waals surface area contributed by atoms with Crippen LogP contribution in [-0.2, 0) is 4.79 Å². The minimum absolute atomic E-state index is 0.000717. The number of carbonyl (C=O) groups is 1. The SMILES string of the molecule is C=C1C=C[C@@]2(C)C(=C1)CC[C@@H]1[C@@H]2CC[C@]2(C)C(=O)CC[C@@H]12. The Balaban J connectivity index is 1.72. The third-order valence-corrected chi connectivity index (χ3v) is 7.36. The Morgan fingerprint density at radius 3 is 2.76 bits per heavy atom. The van der Waals surface area contributed by atoms with Crippen molar-refractivity contribution >= 4 is 5.78 Å². The molecule has 0 aliphatic heterocycles. The molecule has 4 aliphatic carbocycles. The van der Waals surface area contributed by atoms with Gasteiger partial charge in [0.2, 0.25) is 0 Å². The van der Waals surface area contributed by atoms with Crippen LogP contribution in [0.3, 0.4) is 0 Å². The van der Waals surface area contributed by atoms with Gasteiger partial charge in [-0.15, -0.1) is 0 Å². The molecule has 0 heterocycles. The Morgan fingerprint density at radius 1 is 1.14 bits per heavy atom. The molecule has 0 aromatic carbocycles. The van der Waals surface area contributed by atoms with Crippen LogP contribution in [0, 0.1) is 28.6 Å². The quantitative estimate of drug-likeness (QED) is 0.620. The van der Waals surface area contributed by atoms with Crippen molar-refractivity contribution in [3.8, 4) is 0 Å².